The van der Waals surface area contributed by atoms with Crippen molar-refractivity contribution in [3.63, 3.8) is 0 Å². The number of hydrogen-bond donors (Lipinski definition) is 2. The molecule has 0 spiro atoms. The van der Waals surface area contributed by atoms with E-state index in [1.165, 1.54) is 5.56 Å². The summed E-state index contributed by atoms with van der Waals surface area (Å²) >= 11 is 0. The molecule has 0 radical (unpaired) electrons. The lowest BCUT2D eigenvalue weighted by Gasteiger charge is -2.18. The summed E-state index contributed by atoms with van der Waals surface area (Å²) in [5.74, 6) is 2.15. The van der Waals surface area contributed by atoms with Crippen molar-refractivity contribution in [2.24, 2.45) is 4.99 Å². The Morgan fingerprint density at radius 1 is 1.32 bits per heavy atom. The monoisotopic (exact) mass is 263 g/mol. The quantitative estimate of drug-likeness (QED) is 0.612. The predicted molar refractivity (Wildman–Crippen MR) is 81.1 cm³/mol. The van der Waals surface area contributed by atoms with Crippen LogP contribution in [0.4, 0.5) is 0 Å². The Labute approximate surface area is 116 Å². The third-order valence-corrected chi connectivity index (χ3v) is 3.01. The Kier molecular flexibility index (Phi) is 6.79. The molecule has 0 heterocycles. The van der Waals surface area contributed by atoms with Gasteiger partial charge in [0.15, 0.2) is 5.96 Å². The van der Waals surface area contributed by atoms with E-state index in [-0.39, 0.29) is 0 Å². The van der Waals surface area contributed by atoms with Crippen LogP contribution in [0.3, 0.4) is 0 Å². The fourth-order valence-corrected chi connectivity index (χ4v) is 1.90. The second-order valence-corrected chi connectivity index (χ2v) is 4.52. The van der Waals surface area contributed by atoms with E-state index in [4.69, 9.17) is 4.74 Å². The maximum atomic E-state index is 5.39. The highest BCUT2D eigenvalue weighted by Crippen LogP contribution is 2.25. The molecule has 0 aliphatic rings. The third-order valence-electron chi connectivity index (χ3n) is 3.01. The molecule has 0 aliphatic carbocycles. The molecule has 106 valence electrons. The van der Waals surface area contributed by atoms with Crippen molar-refractivity contribution in [3.05, 3.63) is 29.8 Å². The first-order valence-electron chi connectivity index (χ1n) is 6.80. The number of hydrogen-bond acceptors (Lipinski definition) is 2. The van der Waals surface area contributed by atoms with Gasteiger partial charge in [-0.25, -0.2) is 0 Å². The van der Waals surface area contributed by atoms with Crippen molar-refractivity contribution < 1.29 is 4.74 Å². The average molecular weight is 263 g/mol. The van der Waals surface area contributed by atoms with Crippen molar-refractivity contribution in [1.82, 2.24) is 10.6 Å². The number of benzene rings is 1. The summed E-state index contributed by atoms with van der Waals surface area (Å²) in [5, 5.41) is 6.60. The molecule has 0 saturated carbocycles. The zero-order valence-corrected chi connectivity index (χ0v) is 12.4. The van der Waals surface area contributed by atoms with E-state index >= 15 is 0 Å². The van der Waals surface area contributed by atoms with Crippen LogP contribution < -0.4 is 15.4 Å². The maximum Gasteiger partial charge on any atom is 0.190 e. The highest BCUT2D eigenvalue weighted by molar-refractivity contribution is 5.79. The molecule has 0 bridgehead atoms. The first-order valence-corrected chi connectivity index (χ1v) is 6.80. The molecular formula is C15H25N3O. The van der Waals surface area contributed by atoms with Gasteiger partial charge in [-0.3, -0.25) is 4.99 Å². The van der Waals surface area contributed by atoms with E-state index in [0.29, 0.717) is 5.92 Å². The summed E-state index contributed by atoms with van der Waals surface area (Å²) in [6.45, 7) is 6.07. The van der Waals surface area contributed by atoms with Gasteiger partial charge in [-0.15, -0.1) is 0 Å². The van der Waals surface area contributed by atoms with Crippen LogP contribution in [0.2, 0.25) is 0 Å². The van der Waals surface area contributed by atoms with Crippen LogP contribution >= 0.6 is 0 Å². The minimum Gasteiger partial charge on any atom is -0.496 e. The molecule has 1 aromatic carbocycles. The zero-order chi connectivity index (χ0) is 14.1. The molecule has 0 aromatic heterocycles. The third kappa shape index (κ3) is 4.81. The van der Waals surface area contributed by atoms with E-state index in [0.717, 1.165) is 31.2 Å². The van der Waals surface area contributed by atoms with Crippen molar-refractivity contribution >= 4 is 5.96 Å². The van der Waals surface area contributed by atoms with Gasteiger partial charge in [-0.05, 0) is 18.1 Å². The molecule has 4 heteroatoms. The summed E-state index contributed by atoms with van der Waals surface area (Å²) in [4.78, 5) is 4.20. The van der Waals surface area contributed by atoms with Gasteiger partial charge in [0.05, 0.1) is 7.11 Å². The molecule has 1 unspecified atom stereocenters. The average Bonchev–Trinajstić information content (AvgIpc) is 2.47. The Morgan fingerprint density at radius 2 is 2.05 bits per heavy atom. The number of ether oxygens (including phenoxy) is 1. The topological polar surface area (TPSA) is 45.7 Å². The van der Waals surface area contributed by atoms with Crippen LogP contribution in [-0.2, 0) is 0 Å². The number of nitrogens with one attached hydrogen (secondary N) is 2. The molecule has 1 atom stereocenters. The van der Waals surface area contributed by atoms with Gasteiger partial charge in [0.25, 0.3) is 0 Å². The fraction of sp³-hybridized carbons (Fsp3) is 0.533. The van der Waals surface area contributed by atoms with E-state index in [9.17, 15) is 0 Å². The number of aliphatic imine (C=N–C) groups is 1. The molecule has 0 fully saturated rings. The van der Waals surface area contributed by atoms with E-state index in [2.05, 4.69) is 35.5 Å². The number of rotatable bonds is 6. The summed E-state index contributed by atoms with van der Waals surface area (Å²) in [5.41, 5.74) is 1.21. The van der Waals surface area contributed by atoms with Crippen LogP contribution in [0.25, 0.3) is 0 Å². The van der Waals surface area contributed by atoms with Crippen LogP contribution in [0, 0.1) is 0 Å². The van der Waals surface area contributed by atoms with Gasteiger partial charge in [-0.2, -0.15) is 0 Å². The number of nitrogens with zero attached hydrogens (tertiary/aromatic N) is 1. The number of guanidine groups is 1. The Bertz CT molecular complexity index is 404. The number of methoxy groups -OCH3 is 1. The van der Waals surface area contributed by atoms with Crippen molar-refractivity contribution in [2.75, 3.05) is 27.2 Å². The maximum absolute atomic E-state index is 5.39. The van der Waals surface area contributed by atoms with Crippen LogP contribution in [-0.4, -0.2) is 33.2 Å². The van der Waals surface area contributed by atoms with Gasteiger partial charge in [-0.1, -0.05) is 32.0 Å². The van der Waals surface area contributed by atoms with E-state index < -0.39 is 0 Å². The molecule has 1 rings (SSSR count). The summed E-state index contributed by atoms with van der Waals surface area (Å²) in [6.07, 6.45) is 1.09. The van der Waals surface area contributed by atoms with Gasteiger partial charge < -0.3 is 15.4 Å². The lowest BCUT2D eigenvalue weighted by Crippen LogP contribution is -2.39. The first-order chi connectivity index (χ1) is 9.22. The van der Waals surface area contributed by atoms with Gasteiger partial charge in [0, 0.05) is 26.1 Å². The summed E-state index contributed by atoms with van der Waals surface area (Å²) in [7, 11) is 3.50. The fourth-order valence-electron chi connectivity index (χ4n) is 1.90. The second kappa shape index (κ2) is 8.40. The normalized spacial score (nSPS) is 12.9. The van der Waals surface area contributed by atoms with Gasteiger partial charge >= 0.3 is 0 Å². The molecule has 2 N–H and O–H groups in total. The molecule has 1 aromatic rings. The molecular weight excluding hydrogens is 238 g/mol. The van der Waals surface area contributed by atoms with Crippen molar-refractivity contribution in [3.8, 4) is 5.75 Å². The predicted octanol–water partition coefficient (Wildman–Crippen LogP) is 2.37. The van der Waals surface area contributed by atoms with Crippen LogP contribution in [0.5, 0.6) is 5.75 Å². The van der Waals surface area contributed by atoms with Gasteiger partial charge in [0.1, 0.15) is 5.75 Å². The first kappa shape index (κ1) is 15.3. The van der Waals surface area contributed by atoms with Crippen LogP contribution in [0.15, 0.2) is 29.3 Å². The molecule has 4 nitrogen and oxygen atoms in total. The number of para-hydroxylation sites is 1. The smallest absolute Gasteiger partial charge is 0.190 e. The van der Waals surface area contributed by atoms with Crippen molar-refractivity contribution in [2.45, 2.75) is 26.2 Å². The van der Waals surface area contributed by atoms with Gasteiger partial charge in [0.2, 0.25) is 0 Å². The molecule has 19 heavy (non-hydrogen) atoms. The standard InChI is InChI=1S/C15H25N3O/c1-5-10-17-15(16-3)18-11-12(2)13-8-6-7-9-14(13)19-4/h6-9,12H,5,10-11H2,1-4H3,(H2,16,17,18). The summed E-state index contributed by atoms with van der Waals surface area (Å²) in [6, 6.07) is 8.13. The Balaban J connectivity index is 2.57. The zero-order valence-electron chi connectivity index (χ0n) is 12.4. The molecule has 0 aliphatic heterocycles. The highest BCUT2D eigenvalue weighted by atomic mass is 16.5. The SMILES string of the molecule is CCCNC(=NC)NCC(C)c1ccccc1OC. The lowest BCUT2D eigenvalue weighted by atomic mass is 10.0. The van der Waals surface area contributed by atoms with Crippen molar-refractivity contribution in [1.29, 1.82) is 0 Å². The lowest BCUT2D eigenvalue weighted by molar-refractivity contribution is 0.406. The highest BCUT2D eigenvalue weighted by Gasteiger charge is 2.11. The second-order valence-electron chi connectivity index (χ2n) is 4.52. The largest absolute Gasteiger partial charge is 0.496 e. The summed E-state index contributed by atoms with van der Waals surface area (Å²) < 4.78 is 5.39. The van der Waals surface area contributed by atoms with E-state index in [1.54, 1.807) is 14.2 Å². The Morgan fingerprint density at radius 3 is 2.68 bits per heavy atom. The molecule has 0 saturated heterocycles. The minimum atomic E-state index is 0.358. The minimum absolute atomic E-state index is 0.358. The van der Waals surface area contributed by atoms with E-state index in [1.807, 2.05) is 18.2 Å². The molecule has 0 amide bonds. The Hall–Kier alpha value is -1.71. The van der Waals surface area contributed by atoms with Crippen LogP contribution in [0.1, 0.15) is 31.7 Å².